The van der Waals surface area contributed by atoms with Crippen molar-refractivity contribution in [3.63, 3.8) is 0 Å². The first-order chi connectivity index (χ1) is 2.91. The number of hydrogen-bond acceptors (Lipinski definition) is 2. The minimum Gasteiger partial charge on any atom is -0.324 e. The molecule has 0 saturated heterocycles. The summed E-state index contributed by atoms with van der Waals surface area (Å²) in [5, 5.41) is 3.30. The van der Waals surface area contributed by atoms with Crippen molar-refractivity contribution in [3.8, 4) is 0 Å². The summed E-state index contributed by atoms with van der Waals surface area (Å²) in [5.41, 5.74) is 0. The zero-order chi connectivity index (χ0) is 4.83. The van der Waals surface area contributed by atoms with Gasteiger partial charge in [0.15, 0.2) is 0 Å². The summed E-state index contributed by atoms with van der Waals surface area (Å²) in [6, 6.07) is 0. The molecule has 0 radical (unpaired) electrons. The molecule has 36 valence electrons. The molecular formula is C4H10N2. The predicted octanol–water partition coefficient (Wildman–Crippen LogP) is 0.731. The Kier molecular flexibility index (Phi) is 4.08. The monoisotopic (exact) mass is 86.1 g/mol. The molecule has 0 aliphatic rings. The van der Waals surface area contributed by atoms with Crippen molar-refractivity contribution in [2.45, 2.75) is 19.8 Å². The van der Waals surface area contributed by atoms with Gasteiger partial charge in [0.05, 0.1) is 0 Å². The molecule has 0 fully saturated rings. The van der Waals surface area contributed by atoms with Crippen molar-refractivity contribution in [2.24, 2.45) is 10.9 Å². The lowest BCUT2D eigenvalue weighted by molar-refractivity contribution is 1.00. The minimum atomic E-state index is 0.997. The molecule has 6 heavy (non-hydrogen) atoms. The van der Waals surface area contributed by atoms with E-state index in [2.05, 4.69) is 12.0 Å². The third kappa shape index (κ3) is 3.47. The van der Waals surface area contributed by atoms with E-state index in [9.17, 15) is 0 Å². The smallest absolute Gasteiger partial charge is 0.0240 e. The number of rotatable bonds is 2. The standard InChI is InChI=1S/C4H10N2/c1-2-3-4-6-5/h4H,2-3,5H2,1H3. The number of nitrogens with two attached hydrogens (primary N) is 1. The largest absolute Gasteiger partial charge is 0.324 e. The Morgan fingerprint density at radius 2 is 2.50 bits per heavy atom. The summed E-state index contributed by atoms with van der Waals surface area (Å²) < 4.78 is 0. The fraction of sp³-hybridized carbons (Fsp3) is 0.750. The fourth-order valence-corrected chi connectivity index (χ4v) is 0.204. The lowest BCUT2D eigenvalue weighted by atomic mass is 10.4. The average molecular weight is 86.1 g/mol. The van der Waals surface area contributed by atoms with Gasteiger partial charge in [-0.25, -0.2) is 0 Å². The van der Waals surface area contributed by atoms with E-state index in [-0.39, 0.29) is 0 Å². The van der Waals surface area contributed by atoms with E-state index in [4.69, 9.17) is 5.84 Å². The zero-order valence-corrected chi connectivity index (χ0v) is 4.02. The highest BCUT2D eigenvalue weighted by atomic mass is 15.1. The second kappa shape index (κ2) is 4.47. The first kappa shape index (κ1) is 5.47. The van der Waals surface area contributed by atoms with E-state index in [1.54, 1.807) is 6.21 Å². The van der Waals surface area contributed by atoms with Gasteiger partial charge in [-0.3, -0.25) is 0 Å². The van der Waals surface area contributed by atoms with Gasteiger partial charge in [0, 0.05) is 6.21 Å². The van der Waals surface area contributed by atoms with Crippen molar-refractivity contribution >= 4 is 6.21 Å². The highest BCUT2D eigenvalue weighted by Gasteiger charge is 1.66. The second-order valence-corrected chi connectivity index (χ2v) is 1.12. The lowest BCUT2D eigenvalue weighted by Gasteiger charge is -1.75. The van der Waals surface area contributed by atoms with Gasteiger partial charge in [-0.1, -0.05) is 13.3 Å². The van der Waals surface area contributed by atoms with Crippen LogP contribution < -0.4 is 5.84 Å². The molecule has 0 aromatic heterocycles. The van der Waals surface area contributed by atoms with Gasteiger partial charge < -0.3 is 5.84 Å². The van der Waals surface area contributed by atoms with Gasteiger partial charge in [0.2, 0.25) is 0 Å². The van der Waals surface area contributed by atoms with Crippen LogP contribution in [0.1, 0.15) is 19.8 Å². The topological polar surface area (TPSA) is 38.4 Å². The van der Waals surface area contributed by atoms with Gasteiger partial charge in [0.1, 0.15) is 0 Å². The van der Waals surface area contributed by atoms with Crippen LogP contribution >= 0.6 is 0 Å². The first-order valence-electron chi connectivity index (χ1n) is 2.13. The summed E-state index contributed by atoms with van der Waals surface area (Å²) >= 11 is 0. The summed E-state index contributed by atoms with van der Waals surface area (Å²) in [6.07, 6.45) is 3.83. The normalized spacial score (nSPS) is 10.2. The molecule has 0 heterocycles. The molecular weight excluding hydrogens is 76.1 g/mol. The van der Waals surface area contributed by atoms with Crippen LogP contribution in [-0.2, 0) is 0 Å². The third-order valence-corrected chi connectivity index (χ3v) is 0.523. The molecule has 2 N–H and O–H groups in total. The molecule has 0 aromatic carbocycles. The quantitative estimate of drug-likeness (QED) is 0.300. The van der Waals surface area contributed by atoms with Crippen molar-refractivity contribution in [1.82, 2.24) is 0 Å². The molecule has 0 bridgehead atoms. The Morgan fingerprint density at radius 3 is 2.67 bits per heavy atom. The second-order valence-electron chi connectivity index (χ2n) is 1.12. The molecule has 0 aliphatic carbocycles. The highest BCUT2D eigenvalue weighted by Crippen LogP contribution is 1.76. The lowest BCUT2D eigenvalue weighted by Crippen LogP contribution is -1.80. The van der Waals surface area contributed by atoms with Crippen molar-refractivity contribution < 1.29 is 0 Å². The summed E-state index contributed by atoms with van der Waals surface area (Å²) in [6.45, 7) is 2.08. The zero-order valence-electron chi connectivity index (χ0n) is 4.02. The van der Waals surface area contributed by atoms with E-state index < -0.39 is 0 Å². The Bertz CT molecular complexity index is 40.8. The minimum absolute atomic E-state index is 0.997. The summed E-state index contributed by atoms with van der Waals surface area (Å²) in [7, 11) is 0. The van der Waals surface area contributed by atoms with Crippen LogP contribution in [0, 0.1) is 0 Å². The Balaban J connectivity index is 2.66. The molecule has 2 nitrogen and oxygen atoms in total. The van der Waals surface area contributed by atoms with Crippen LogP contribution in [0.2, 0.25) is 0 Å². The van der Waals surface area contributed by atoms with Crippen molar-refractivity contribution in [1.29, 1.82) is 0 Å². The molecule has 0 amide bonds. The molecule has 0 rings (SSSR count). The third-order valence-electron chi connectivity index (χ3n) is 0.523. The molecule has 0 spiro atoms. The predicted molar refractivity (Wildman–Crippen MR) is 27.6 cm³/mol. The fourth-order valence-electron chi connectivity index (χ4n) is 0.204. The molecule has 0 aromatic rings. The van der Waals surface area contributed by atoms with Crippen molar-refractivity contribution in [2.75, 3.05) is 0 Å². The number of nitrogens with zero attached hydrogens (tertiary/aromatic N) is 1. The first-order valence-corrected chi connectivity index (χ1v) is 2.13. The maximum absolute atomic E-state index is 4.78. The molecule has 0 aliphatic heterocycles. The highest BCUT2D eigenvalue weighted by molar-refractivity contribution is 5.56. The van der Waals surface area contributed by atoms with Gasteiger partial charge in [0.25, 0.3) is 0 Å². The van der Waals surface area contributed by atoms with Crippen LogP contribution in [0.25, 0.3) is 0 Å². The van der Waals surface area contributed by atoms with Crippen molar-refractivity contribution in [3.05, 3.63) is 0 Å². The number of hydrogen-bond donors (Lipinski definition) is 1. The van der Waals surface area contributed by atoms with Crippen LogP contribution in [0.3, 0.4) is 0 Å². The molecule has 0 unspecified atom stereocenters. The van der Waals surface area contributed by atoms with Gasteiger partial charge in [-0.15, -0.1) is 0 Å². The van der Waals surface area contributed by atoms with Gasteiger partial charge in [-0.05, 0) is 6.42 Å². The molecule has 0 saturated carbocycles. The van der Waals surface area contributed by atoms with Crippen LogP contribution in [0.4, 0.5) is 0 Å². The summed E-state index contributed by atoms with van der Waals surface area (Å²) in [4.78, 5) is 0. The Hall–Kier alpha value is -0.530. The maximum Gasteiger partial charge on any atom is 0.0240 e. The summed E-state index contributed by atoms with van der Waals surface area (Å²) in [5.74, 6) is 4.78. The van der Waals surface area contributed by atoms with Gasteiger partial charge >= 0.3 is 0 Å². The van der Waals surface area contributed by atoms with E-state index in [1.165, 1.54) is 0 Å². The number of hydrazone groups is 1. The average Bonchev–Trinajstić information content (AvgIpc) is 1.61. The van der Waals surface area contributed by atoms with Crippen LogP contribution in [0.5, 0.6) is 0 Å². The van der Waals surface area contributed by atoms with Gasteiger partial charge in [-0.2, -0.15) is 5.10 Å². The van der Waals surface area contributed by atoms with E-state index in [0.717, 1.165) is 12.8 Å². The van der Waals surface area contributed by atoms with Crippen LogP contribution in [-0.4, -0.2) is 6.21 Å². The van der Waals surface area contributed by atoms with Crippen LogP contribution in [0.15, 0.2) is 5.10 Å². The molecule has 2 heteroatoms. The Morgan fingerprint density at radius 1 is 1.83 bits per heavy atom. The molecule has 0 atom stereocenters. The van der Waals surface area contributed by atoms with E-state index in [1.807, 2.05) is 0 Å². The SMILES string of the molecule is CCCC=NN. The van der Waals surface area contributed by atoms with E-state index >= 15 is 0 Å². The van der Waals surface area contributed by atoms with E-state index in [0.29, 0.717) is 0 Å². The number of unbranched alkanes of at least 4 members (excludes halogenated alkanes) is 1. The Labute approximate surface area is 38.0 Å². The maximum atomic E-state index is 4.78.